The number of ketones is 3. The van der Waals surface area contributed by atoms with E-state index in [1.165, 1.54) is 14.0 Å². The molecular weight excluding hydrogens is 488 g/mol. The van der Waals surface area contributed by atoms with Crippen molar-refractivity contribution in [2.24, 2.45) is 23.7 Å². The maximum absolute atomic E-state index is 13.9. The monoisotopic (exact) mass is 522 g/mol. The highest BCUT2D eigenvalue weighted by atomic mass is 16.5. The lowest BCUT2D eigenvalue weighted by molar-refractivity contribution is -0.143. The zero-order valence-electron chi connectivity index (χ0n) is 22.9. The van der Waals surface area contributed by atoms with E-state index in [9.17, 15) is 29.5 Å². The Kier molecular flexibility index (Phi) is 7.34. The summed E-state index contributed by atoms with van der Waals surface area (Å²) in [5.74, 6) is -4.25. The molecule has 1 N–H and O–H groups in total. The Hall–Kier alpha value is -3.35. The van der Waals surface area contributed by atoms with Gasteiger partial charge in [0.15, 0.2) is 17.3 Å². The summed E-state index contributed by atoms with van der Waals surface area (Å²) in [4.78, 5) is 54.9. The van der Waals surface area contributed by atoms with Gasteiger partial charge in [0, 0.05) is 52.3 Å². The number of carbonyl (C=O) groups is 4. The molecule has 0 spiro atoms. The van der Waals surface area contributed by atoms with Crippen LogP contribution in [0.25, 0.3) is 0 Å². The van der Waals surface area contributed by atoms with E-state index in [-0.39, 0.29) is 53.7 Å². The molecule has 38 heavy (non-hydrogen) atoms. The van der Waals surface area contributed by atoms with Gasteiger partial charge in [-0.3, -0.25) is 19.2 Å². The Balaban J connectivity index is 2.03. The van der Waals surface area contributed by atoms with Gasteiger partial charge in [0.2, 0.25) is 5.78 Å². The van der Waals surface area contributed by atoms with Crippen molar-refractivity contribution in [2.45, 2.75) is 52.7 Å². The topological polar surface area (TPSA) is 134 Å². The van der Waals surface area contributed by atoms with Crippen molar-refractivity contribution >= 4 is 23.3 Å². The second kappa shape index (κ2) is 10.1. The molecule has 0 aromatic heterocycles. The number of aliphatic hydroxyl groups excluding tert-OH is 1. The summed E-state index contributed by atoms with van der Waals surface area (Å²) in [6, 6.07) is 2.02. The SMILES string of the molecule is COC1=C(C)C(O)C2=C(C1=O)[C@@H]1CC3=C(C(=O)C(C)=C(C)C3=O)[C@H](COC(C)=O)C1[C@@H](C#N)C(N(C)C)C2. The summed E-state index contributed by atoms with van der Waals surface area (Å²) in [5.41, 5.74) is 2.46. The van der Waals surface area contributed by atoms with E-state index in [0.717, 1.165) is 0 Å². The van der Waals surface area contributed by atoms with Crippen LogP contribution in [-0.2, 0) is 28.7 Å². The largest absolute Gasteiger partial charge is 0.493 e. The van der Waals surface area contributed by atoms with Crippen molar-refractivity contribution < 1.29 is 33.8 Å². The molecule has 0 aromatic rings. The second-order valence-electron chi connectivity index (χ2n) is 10.9. The number of ether oxygens (including phenoxy) is 2. The Morgan fingerprint density at radius 3 is 2.24 bits per heavy atom. The van der Waals surface area contributed by atoms with E-state index in [1.807, 2.05) is 19.0 Å². The fourth-order valence-corrected chi connectivity index (χ4v) is 6.80. The lowest BCUT2D eigenvalue weighted by Gasteiger charge is -2.45. The summed E-state index contributed by atoms with van der Waals surface area (Å²) in [6.07, 6.45) is -0.775. The third-order valence-electron chi connectivity index (χ3n) is 8.82. The molecule has 0 bridgehead atoms. The summed E-state index contributed by atoms with van der Waals surface area (Å²) >= 11 is 0. The predicted molar refractivity (Wildman–Crippen MR) is 136 cm³/mol. The number of aliphatic hydroxyl groups is 1. The van der Waals surface area contributed by atoms with Crippen LogP contribution in [0.4, 0.5) is 0 Å². The van der Waals surface area contributed by atoms with Gasteiger partial charge in [0.25, 0.3) is 0 Å². The van der Waals surface area contributed by atoms with Crippen LogP contribution in [-0.4, -0.2) is 73.3 Å². The lowest BCUT2D eigenvalue weighted by Crippen LogP contribution is -2.48. The number of hydrogen-bond acceptors (Lipinski definition) is 9. The molecule has 0 amide bonds. The van der Waals surface area contributed by atoms with Gasteiger partial charge >= 0.3 is 5.97 Å². The molecule has 3 unspecified atom stereocenters. The molecule has 4 aliphatic carbocycles. The highest BCUT2D eigenvalue weighted by Gasteiger charge is 2.55. The molecule has 9 nitrogen and oxygen atoms in total. The van der Waals surface area contributed by atoms with Crippen molar-refractivity contribution in [3.05, 3.63) is 44.8 Å². The van der Waals surface area contributed by atoms with Gasteiger partial charge in [-0.1, -0.05) is 0 Å². The fraction of sp³-hybridized carbons (Fsp3) is 0.552. The number of Topliss-reactive ketones (excluding diaryl/α,β-unsaturated/α-hetero) is 3. The average molecular weight is 523 g/mol. The quantitative estimate of drug-likeness (QED) is 0.436. The van der Waals surface area contributed by atoms with Gasteiger partial charge in [-0.05, 0) is 65.1 Å². The van der Waals surface area contributed by atoms with Gasteiger partial charge in [-0.25, -0.2) is 0 Å². The molecule has 4 rings (SSSR count). The second-order valence-corrected chi connectivity index (χ2v) is 10.9. The van der Waals surface area contributed by atoms with E-state index >= 15 is 0 Å². The van der Waals surface area contributed by atoms with E-state index in [4.69, 9.17) is 9.47 Å². The minimum absolute atomic E-state index is 0.0427. The van der Waals surface area contributed by atoms with Crippen molar-refractivity contribution in [2.75, 3.05) is 27.8 Å². The van der Waals surface area contributed by atoms with Gasteiger partial charge in [0.05, 0.1) is 25.7 Å². The first-order chi connectivity index (χ1) is 17.9. The first-order valence-corrected chi connectivity index (χ1v) is 12.8. The van der Waals surface area contributed by atoms with E-state index in [2.05, 4.69) is 6.07 Å². The van der Waals surface area contributed by atoms with Crippen molar-refractivity contribution in [3.8, 4) is 6.07 Å². The predicted octanol–water partition coefficient (Wildman–Crippen LogP) is 2.22. The molecule has 202 valence electrons. The third-order valence-corrected chi connectivity index (χ3v) is 8.82. The third kappa shape index (κ3) is 4.07. The average Bonchev–Trinajstić information content (AvgIpc) is 3.02. The number of methoxy groups -OCH3 is 1. The molecule has 0 saturated carbocycles. The minimum Gasteiger partial charge on any atom is -0.493 e. The summed E-state index contributed by atoms with van der Waals surface area (Å²) < 4.78 is 10.9. The van der Waals surface area contributed by atoms with Crippen LogP contribution in [0, 0.1) is 35.0 Å². The van der Waals surface area contributed by atoms with Gasteiger partial charge in [-0.15, -0.1) is 0 Å². The van der Waals surface area contributed by atoms with Crippen molar-refractivity contribution in [3.63, 3.8) is 0 Å². The highest BCUT2D eigenvalue weighted by Crippen LogP contribution is 2.54. The molecule has 9 heteroatoms. The lowest BCUT2D eigenvalue weighted by atomic mass is 9.58. The summed E-state index contributed by atoms with van der Waals surface area (Å²) in [7, 11) is 5.03. The number of esters is 1. The van der Waals surface area contributed by atoms with Crippen LogP contribution < -0.4 is 0 Å². The molecular formula is C29H34N2O7. The first-order valence-electron chi connectivity index (χ1n) is 12.8. The molecule has 4 aliphatic rings. The van der Waals surface area contributed by atoms with Crippen LogP contribution in [0.15, 0.2) is 44.8 Å². The highest BCUT2D eigenvalue weighted by molar-refractivity contribution is 6.25. The standard InChI is InChI=1S/C29H34N2O7/c1-12-13(2)27(35)24-17(25(12)33)8-16-22(20(24)11-38-15(4)32)19(10-30)21(31(5)6)9-18-23(16)28(36)29(37-7)14(3)26(18)34/h16,19-22,26,34H,8-9,11H2,1-7H3/t16-,19+,20-,21?,22?,26?/m1/s1. The maximum atomic E-state index is 13.9. The van der Waals surface area contributed by atoms with Gasteiger partial charge in [0.1, 0.15) is 6.10 Å². The Morgan fingerprint density at radius 1 is 1.05 bits per heavy atom. The smallest absolute Gasteiger partial charge is 0.302 e. The maximum Gasteiger partial charge on any atom is 0.302 e. The number of nitriles is 1. The number of allylic oxidation sites excluding steroid dienone is 4. The number of rotatable bonds is 4. The van der Waals surface area contributed by atoms with E-state index in [0.29, 0.717) is 27.9 Å². The van der Waals surface area contributed by atoms with Crippen LogP contribution in [0.5, 0.6) is 0 Å². The Labute approximate surface area is 222 Å². The number of carbonyl (C=O) groups excluding carboxylic acids is 4. The Morgan fingerprint density at radius 2 is 1.68 bits per heavy atom. The number of hydrogen-bond donors (Lipinski definition) is 1. The normalized spacial score (nSPS) is 31.6. The van der Waals surface area contributed by atoms with Crippen molar-refractivity contribution in [1.29, 1.82) is 5.26 Å². The molecule has 6 atom stereocenters. The Bertz CT molecular complexity index is 1310. The zero-order valence-corrected chi connectivity index (χ0v) is 22.9. The summed E-state index contributed by atoms with van der Waals surface area (Å²) in [5, 5.41) is 21.9. The van der Waals surface area contributed by atoms with Crippen LogP contribution in [0.2, 0.25) is 0 Å². The molecule has 0 fully saturated rings. The zero-order chi connectivity index (χ0) is 28.2. The minimum atomic E-state index is -1.09. The van der Waals surface area contributed by atoms with E-state index in [1.54, 1.807) is 20.8 Å². The van der Waals surface area contributed by atoms with Gasteiger partial charge < -0.3 is 19.5 Å². The van der Waals surface area contributed by atoms with Crippen LogP contribution in [0.3, 0.4) is 0 Å². The van der Waals surface area contributed by atoms with Crippen LogP contribution >= 0.6 is 0 Å². The van der Waals surface area contributed by atoms with Crippen molar-refractivity contribution in [1.82, 2.24) is 4.90 Å². The number of fused-ring (bicyclic) bond motifs is 2. The molecule has 0 heterocycles. The van der Waals surface area contributed by atoms with E-state index < -0.39 is 41.8 Å². The molecule has 0 aromatic carbocycles. The summed E-state index contributed by atoms with van der Waals surface area (Å²) in [6.45, 7) is 5.91. The van der Waals surface area contributed by atoms with Gasteiger partial charge in [-0.2, -0.15) is 5.26 Å². The fourth-order valence-electron chi connectivity index (χ4n) is 6.80. The number of nitrogens with zero attached hydrogens (tertiary/aromatic N) is 2. The molecule has 0 aliphatic heterocycles. The van der Waals surface area contributed by atoms with Crippen LogP contribution in [0.1, 0.15) is 40.5 Å². The first kappa shape index (κ1) is 27.7. The molecule has 0 radical (unpaired) electrons. The molecule has 0 saturated heterocycles.